The molecule has 134 valence electrons. The molecule has 4 rings (SSSR count). The van der Waals surface area contributed by atoms with Crippen LogP contribution < -0.4 is 5.32 Å². The molecule has 0 amide bonds. The van der Waals surface area contributed by atoms with Crippen LogP contribution in [-0.2, 0) is 25.9 Å². The smallest absolute Gasteiger partial charge is 0.178 e. The quantitative estimate of drug-likeness (QED) is 0.758. The number of halogens is 1. The maximum absolute atomic E-state index is 13.9. The largest absolute Gasteiger partial charge is 0.359 e. The molecule has 0 bridgehead atoms. The minimum atomic E-state index is -0.315. The summed E-state index contributed by atoms with van der Waals surface area (Å²) in [5.41, 5.74) is 2.44. The molecule has 0 saturated carbocycles. The van der Waals surface area contributed by atoms with E-state index in [-0.39, 0.29) is 5.82 Å². The zero-order valence-corrected chi connectivity index (χ0v) is 14.6. The van der Waals surface area contributed by atoms with Gasteiger partial charge in [-0.05, 0) is 12.1 Å². The number of rotatable bonds is 5. The van der Waals surface area contributed by atoms with Gasteiger partial charge in [-0.25, -0.2) is 14.4 Å². The second-order valence-corrected chi connectivity index (χ2v) is 6.36. The molecule has 26 heavy (non-hydrogen) atoms. The van der Waals surface area contributed by atoms with Gasteiger partial charge < -0.3 is 9.84 Å². The number of fused-ring (bicyclic) bond motifs is 1. The van der Waals surface area contributed by atoms with Crippen molar-refractivity contribution in [1.82, 2.24) is 20.0 Å². The lowest BCUT2D eigenvalue weighted by Gasteiger charge is -2.25. The van der Waals surface area contributed by atoms with E-state index >= 15 is 0 Å². The molecule has 0 radical (unpaired) electrons. The molecular weight excluding hydrogens is 333 g/mol. The molecule has 1 aromatic carbocycles. The van der Waals surface area contributed by atoms with Crippen LogP contribution in [0.25, 0.3) is 0 Å². The third kappa shape index (κ3) is 3.43. The minimum absolute atomic E-state index is 0.315. The Morgan fingerprint density at radius 1 is 1.23 bits per heavy atom. The number of hydrogen-bond donors (Lipinski definition) is 1. The van der Waals surface area contributed by atoms with E-state index in [9.17, 15) is 4.39 Å². The average Bonchev–Trinajstić information content (AvgIpc) is 3.06. The summed E-state index contributed by atoms with van der Waals surface area (Å²) in [4.78, 5) is 11.0. The summed E-state index contributed by atoms with van der Waals surface area (Å²) in [5.74, 6) is 1.97. The van der Waals surface area contributed by atoms with Gasteiger partial charge in [-0.15, -0.1) is 0 Å². The lowest BCUT2D eigenvalue weighted by Crippen LogP contribution is -2.29. The van der Waals surface area contributed by atoms with Crippen molar-refractivity contribution in [1.29, 1.82) is 0 Å². The van der Waals surface area contributed by atoms with Gasteiger partial charge in [0, 0.05) is 50.4 Å². The second-order valence-electron chi connectivity index (χ2n) is 6.36. The molecule has 2 aromatic heterocycles. The van der Waals surface area contributed by atoms with Crippen LogP contribution in [0.5, 0.6) is 0 Å². The van der Waals surface area contributed by atoms with Crippen LogP contribution in [0.2, 0.25) is 0 Å². The summed E-state index contributed by atoms with van der Waals surface area (Å²) >= 11 is 0. The summed E-state index contributed by atoms with van der Waals surface area (Å²) in [6, 6.07) is 6.54. The van der Waals surface area contributed by atoms with Crippen LogP contribution in [0.3, 0.4) is 0 Å². The number of nitrogens with one attached hydrogen (secondary N) is 1. The molecule has 0 saturated heterocycles. The van der Waals surface area contributed by atoms with Gasteiger partial charge in [0.25, 0.3) is 0 Å². The zero-order valence-electron chi connectivity index (χ0n) is 14.6. The number of hydrogen-bond acceptors (Lipinski definition) is 6. The zero-order chi connectivity index (χ0) is 17.9. The van der Waals surface area contributed by atoms with E-state index in [2.05, 4.69) is 25.3 Å². The van der Waals surface area contributed by atoms with E-state index in [1.165, 1.54) is 6.07 Å². The van der Waals surface area contributed by atoms with Gasteiger partial charge in [0.1, 0.15) is 17.4 Å². The fraction of sp³-hybridized carbons (Fsp3) is 0.316. The van der Waals surface area contributed by atoms with E-state index in [0.29, 0.717) is 18.1 Å². The molecule has 1 aliphatic heterocycles. The van der Waals surface area contributed by atoms with Crippen LogP contribution in [0, 0.1) is 5.82 Å². The molecule has 0 unspecified atom stereocenters. The van der Waals surface area contributed by atoms with Gasteiger partial charge in [0.05, 0.1) is 11.3 Å². The van der Waals surface area contributed by atoms with Gasteiger partial charge in [-0.2, -0.15) is 0 Å². The number of para-hydroxylation sites is 1. The van der Waals surface area contributed by atoms with E-state index in [1.54, 1.807) is 18.2 Å². The lowest BCUT2D eigenvalue weighted by molar-refractivity contribution is 0.228. The molecule has 3 aromatic rings. The van der Waals surface area contributed by atoms with Crippen molar-refractivity contribution in [3.63, 3.8) is 0 Å². The number of anilines is 2. The summed E-state index contributed by atoms with van der Waals surface area (Å²) in [5, 5.41) is 7.14. The van der Waals surface area contributed by atoms with Crippen molar-refractivity contribution in [3.05, 3.63) is 65.2 Å². The Labute approximate surface area is 151 Å². The monoisotopic (exact) mass is 353 g/mol. The normalized spacial score (nSPS) is 14.2. The molecule has 3 heterocycles. The molecule has 0 atom stereocenters. The first-order valence-corrected chi connectivity index (χ1v) is 8.74. The Kier molecular flexibility index (Phi) is 4.62. The van der Waals surface area contributed by atoms with Crippen molar-refractivity contribution >= 4 is 11.5 Å². The van der Waals surface area contributed by atoms with Crippen LogP contribution in [0.4, 0.5) is 15.9 Å². The van der Waals surface area contributed by atoms with Gasteiger partial charge in [0.15, 0.2) is 5.82 Å². The molecule has 1 aliphatic rings. The summed E-state index contributed by atoms with van der Waals surface area (Å²) in [7, 11) is 0. The maximum atomic E-state index is 13.9. The minimum Gasteiger partial charge on any atom is -0.359 e. The summed E-state index contributed by atoms with van der Waals surface area (Å²) < 4.78 is 19.3. The van der Waals surface area contributed by atoms with Crippen LogP contribution in [-0.4, -0.2) is 26.6 Å². The van der Waals surface area contributed by atoms with E-state index in [1.807, 2.05) is 19.3 Å². The topological polar surface area (TPSA) is 67.1 Å². The summed E-state index contributed by atoms with van der Waals surface area (Å²) in [6.45, 7) is 4.35. The van der Waals surface area contributed by atoms with Gasteiger partial charge in [0.2, 0.25) is 0 Å². The Bertz CT molecular complexity index is 893. The molecule has 0 spiro atoms. The highest BCUT2D eigenvalue weighted by Crippen LogP contribution is 2.29. The van der Waals surface area contributed by atoms with E-state index < -0.39 is 0 Å². The highest BCUT2D eigenvalue weighted by Gasteiger charge is 2.25. The molecule has 6 nitrogen and oxygen atoms in total. The van der Waals surface area contributed by atoms with E-state index in [0.717, 1.165) is 48.6 Å². The highest BCUT2D eigenvalue weighted by molar-refractivity contribution is 5.60. The van der Waals surface area contributed by atoms with Crippen molar-refractivity contribution in [2.24, 2.45) is 0 Å². The predicted molar refractivity (Wildman–Crippen MR) is 95.4 cm³/mol. The molecule has 1 N–H and O–H groups in total. The SMILES string of the molecule is CCc1ncc(CN2CCc3onc(Nc4ccccc4F)c3C2)cn1. The fourth-order valence-corrected chi connectivity index (χ4v) is 3.09. The fourth-order valence-electron chi connectivity index (χ4n) is 3.09. The van der Waals surface area contributed by atoms with Gasteiger partial charge in [-0.3, -0.25) is 4.90 Å². The van der Waals surface area contributed by atoms with Crippen LogP contribution in [0.1, 0.15) is 29.6 Å². The molecule has 7 heteroatoms. The first-order chi connectivity index (χ1) is 12.7. The van der Waals surface area contributed by atoms with Gasteiger partial charge in [-0.1, -0.05) is 24.2 Å². The Balaban J connectivity index is 1.49. The molecule has 0 aliphatic carbocycles. The van der Waals surface area contributed by atoms with Crippen molar-refractivity contribution < 1.29 is 8.91 Å². The van der Waals surface area contributed by atoms with Crippen molar-refractivity contribution in [3.8, 4) is 0 Å². The Hall–Kier alpha value is -2.80. The van der Waals surface area contributed by atoms with E-state index in [4.69, 9.17) is 4.52 Å². The Morgan fingerprint density at radius 2 is 2.04 bits per heavy atom. The first kappa shape index (κ1) is 16.7. The van der Waals surface area contributed by atoms with Crippen molar-refractivity contribution in [2.75, 3.05) is 11.9 Å². The standard InChI is InChI=1S/C19H20FN5O/c1-2-18-21-9-13(10-22-18)11-25-8-7-17-14(12-25)19(24-26-17)23-16-6-4-3-5-15(16)20/h3-6,9-10H,2,7-8,11-12H2,1H3,(H,23,24). The van der Waals surface area contributed by atoms with Gasteiger partial charge >= 0.3 is 0 Å². The lowest BCUT2D eigenvalue weighted by atomic mass is 10.1. The number of aryl methyl sites for hydroxylation is 1. The Morgan fingerprint density at radius 3 is 2.81 bits per heavy atom. The average molecular weight is 353 g/mol. The third-order valence-electron chi connectivity index (χ3n) is 4.51. The molecular formula is C19H20FN5O. The number of benzene rings is 1. The van der Waals surface area contributed by atoms with Crippen molar-refractivity contribution in [2.45, 2.75) is 32.9 Å². The predicted octanol–water partition coefficient (Wildman–Crippen LogP) is 3.47. The second kappa shape index (κ2) is 7.21. The van der Waals surface area contributed by atoms with Crippen LogP contribution >= 0.6 is 0 Å². The first-order valence-electron chi connectivity index (χ1n) is 8.74. The number of aromatic nitrogens is 3. The highest BCUT2D eigenvalue weighted by atomic mass is 19.1. The maximum Gasteiger partial charge on any atom is 0.178 e. The molecule has 0 fully saturated rings. The third-order valence-corrected chi connectivity index (χ3v) is 4.51. The number of nitrogens with zero attached hydrogens (tertiary/aromatic N) is 4. The van der Waals surface area contributed by atoms with Crippen LogP contribution in [0.15, 0.2) is 41.2 Å². The summed E-state index contributed by atoms with van der Waals surface area (Å²) in [6.07, 6.45) is 5.37.